The highest BCUT2D eigenvalue weighted by molar-refractivity contribution is 7.99. The number of hydrogen-bond acceptors (Lipinski definition) is 3. The first-order valence-electron chi connectivity index (χ1n) is 5.44. The minimum Gasteiger partial charge on any atom is -0.367 e. The molecule has 1 atom stereocenters. The Morgan fingerprint density at radius 1 is 1.53 bits per heavy atom. The lowest BCUT2D eigenvalue weighted by atomic mass is 10.1. The number of nitrogens with two attached hydrogens (primary N) is 1. The molecule has 0 aliphatic carbocycles. The van der Waals surface area contributed by atoms with Crippen LogP contribution in [0.1, 0.15) is 12.5 Å². The lowest BCUT2D eigenvalue weighted by Gasteiger charge is -2.35. The van der Waals surface area contributed by atoms with Crippen LogP contribution in [0.5, 0.6) is 0 Å². The van der Waals surface area contributed by atoms with E-state index < -0.39 is 0 Å². The molecule has 15 heavy (non-hydrogen) atoms. The van der Waals surface area contributed by atoms with Crippen molar-refractivity contribution in [3.8, 4) is 0 Å². The van der Waals surface area contributed by atoms with Gasteiger partial charge in [0.25, 0.3) is 0 Å². The van der Waals surface area contributed by atoms with E-state index in [-0.39, 0.29) is 0 Å². The molecule has 0 bridgehead atoms. The molecule has 2 nitrogen and oxygen atoms in total. The minimum atomic E-state index is 0.630. The first-order chi connectivity index (χ1) is 7.31. The molecule has 1 fully saturated rings. The van der Waals surface area contributed by atoms with Gasteiger partial charge in [-0.3, -0.25) is 0 Å². The maximum atomic E-state index is 5.66. The molecule has 0 spiro atoms. The van der Waals surface area contributed by atoms with Crippen LogP contribution in [0.3, 0.4) is 0 Å². The van der Waals surface area contributed by atoms with Gasteiger partial charge in [0.1, 0.15) is 0 Å². The van der Waals surface area contributed by atoms with E-state index in [1.165, 1.54) is 22.8 Å². The molecule has 1 heterocycles. The van der Waals surface area contributed by atoms with Gasteiger partial charge in [0.05, 0.1) is 0 Å². The Morgan fingerprint density at radius 2 is 2.40 bits per heavy atom. The van der Waals surface area contributed by atoms with Crippen molar-refractivity contribution in [3.63, 3.8) is 0 Å². The molecule has 1 aliphatic heterocycles. The fourth-order valence-electron chi connectivity index (χ4n) is 1.97. The highest BCUT2D eigenvalue weighted by Crippen LogP contribution is 2.24. The Hall–Kier alpha value is -0.670. The highest BCUT2D eigenvalue weighted by Gasteiger charge is 2.18. The van der Waals surface area contributed by atoms with Crippen LogP contribution < -0.4 is 10.6 Å². The average molecular weight is 222 g/mol. The minimum absolute atomic E-state index is 0.630. The Bertz CT molecular complexity index is 327. The number of rotatable bonds is 2. The van der Waals surface area contributed by atoms with Gasteiger partial charge in [0.2, 0.25) is 0 Å². The summed E-state index contributed by atoms with van der Waals surface area (Å²) in [4.78, 5) is 2.48. The molecule has 1 unspecified atom stereocenters. The summed E-state index contributed by atoms with van der Waals surface area (Å²) >= 11 is 2.05. The summed E-state index contributed by atoms with van der Waals surface area (Å²) in [5, 5.41) is 0. The second-order valence-corrected chi connectivity index (χ2v) is 5.14. The van der Waals surface area contributed by atoms with Crippen LogP contribution in [0.15, 0.2) is 24.3 Å². The van der Waals surface area contributed by atoms with Crippen molar-refractivity contribution in [2.75, 3.05) is 23.0 Å². The number of hydrogen-bond donors (Lipinski definition) is 1. The van der Waals surface area contributed by atoms with Crippen molar-refractivity contribution < 1.29 is 0 Å². The second-order valence-electron chi connectivity index (χ2n) is 3.99. The summed E-state index contributed by atoms with van der Waals surface area (Å²) in [6.07, 6.45) is 0. The largest absolute Gasteiger partial charge is 0.367 e. The van der Waals surface area contributed by atoms with Crippen LogP contribution in [0, 0.1) is 0 Å². The molecule has 1 aromatic rings. The summed E-state index contributed by atoms with van der Waals surface area (Å²) in [6, 6.07) is 9.23. The predicted molar refractivity (Wildman–Crippen MR) is 68.5 cm³/mol. The number of thioether (sulfide) groups is 1. The van der Waals surface area contributed by atoms with Gasteiger partial charge in [0, 0.05) is 36.3 Å². The number of anilines is 1. The van der Waals surface area contributed by atoms with Crippen LogP contribution >= 0.6 is 11.8 Å². The molecule has 82 valence electrons. The second kappa shape index (κ2) is 4.90. The topological polar surface area (TPSA) is 29.3 Å². The summed E-state index contributed by atoms with van der Waals surface area (Å²) in [5.41, 5.74) is 8.21. The van der Waals surface area contributed by atoms with E-state index in [1.54, 1.807) is 0 Å². The van der Waals surface area contributed by atoms with Crippen molar-refractivity contribution in [2.24, 2.45) is 5.73 Å². The summed E-state index contributed by atoms with van der Waals surface area (Å²) < 4.78 is 0. The fraction of sp³-hybridized carbons (Fsp3) is 0.500. The smallest absolute Gasteiger partial charge is 0.0372 e. The lowest BCUT2D eigenvalue weighted by molar-refractivity contribution is 0.699. The Kier molecular flexibility index (Phi) is 3.54. The Labute approximate surface area is 95.8 Å². The van der Waals surface area contributed by atoms with Gasteiger partial charge in [-0.15, -0.1) is 0 Å². The molecule has 1 aliphatic rings. The van der Waals surface area contributed by atoms with Gasteiger partial charge >= 0.3 is 0 Å². The molecule has 0 amide bonds. The molecular weight excluding hydrogens is 204 g/mol. The van der Waals surface area contributed by atoms with Crippen molar-refractivity contribution >= 4 is 17.4 Å². The summed E-state index contributed by atoms with van der Waals surface area (Å²) in [6.45, 7) is 4.08. The van der Waals surface area contributed by atoms with Crippen molar-refractivity contribution in [1.82, 2.24) is 0 Å². The third-order valence-corrected chi connectivity index (χ3v) is 4.03. The molecule has 1 saturated heterocycles. The third kappa shape index (κ3) is 2.47. The molecule has 2 rings (SSSR count). The van der Waals surface area contributed by atoms with Gasteiger partial charge in [-0.25, -0.2) is 0 Å². The fourth-order valence-corrected chi connectivity index (χ4v) is 2.99. The molecule has 0 radical (unpaired) electrons. The van der Waals surface area contributed by atoms with Gasteiger partial charge in [-0.05, 0) is 24.6 Å². The molecule has 3 heteroatoms. The molecule has 1 aromatic carbocycles. The molecular formula is C12H18N2S. The van der Waals surface area contributed by atoms with Gasteiger partial charge in [-0.2, -0.15) is 11.8 Å². The van der Waals surface area contributed by atoms with Gasteiger partial charge < -0.3 is 10.6 Å². The van der Waals surface area contributed by atoms with Gasteiger partial charge in [-0.1, -0.05) is 12.1 Å². The molecule has 0 aromatic heterocycles. The lowest BCUT2D eigenvalue weighted by Crippen LogP contribution is -2.40. The first-order valence-corrected chi connectivity index (χ1v) is 6.60. The standard InChI is InChI=1S/C12H18N2S/c1-10-9-15-6-5-14(10)12-4-2-3-11(7-12)8-13/h2-4,7,10H,5-6,8-9,13H2,1H3. The van der Waals surface area contributed by atoms with Crippen LogP contribution in [-0.2, 0) is 6.54 Å². The van der Waals surface area contributed by atoms with Crippen LogP contribution in [0.4, 0.5) is 5.69 Å². The van der Waals surface area contributed by atoms with E-state index in [4.69, 9.17) is 5.73 Å². The summed E-state index contributed by atoms with van der Waals surface area (Å²) in [7, 11) is 0. The molecule has 0 saturated carbocycles. The number of benzene rings is 1. The number of nitrogens with zero attached hydrogens (tertiary/aromatic N) is 1. The van der Waals surface area contributed by atoms with E-state index in [0.29, 0.717) is 12.6 Å². The maximum absolute atomic E-state index is 5.66. The Balaban J connectivity index is 2.19. The zero-order valence-electron chi connectivity index (χ0n) is 9.15. The Morgan fingerprint density at radius 3 is 3.13 bits per heavy atom. The zero-order valence-corrected chi connectivity index (χ0v) is 9.96. The highest BCUT2D eigenvalue weighted by atomic mass is 32.2. The SMILES string of the molecule is CC1CSCCN1c1cccc(CN)c1. The van der Waals surface area contributed by atoms with E-state index in [1.807, 2.05) is 11.8 Å². The van der Waals surface area contributed by atoms with Crippen molar-refractivity contribution in [2.45, 2.75) is 19.5 Å². The van der Waals surface area contributed by atoms with Gasteiger partial charge in [0.15, 0.2) is 0 Å². The first kappa shape index (κ1) is 10.8. The van der Waals surface area contributed by atoms with Crippen molar-refractivity contribution in [1.29, 1.82) is 0 Å². The van der Waals surface area contributed by atoms with Crippen LogP contribution in [0.25, 0.3) is 0 Å². The van der Waals surface area contributed by atoms with E-state index >= 15 is 0 Å². The van der Waals surface area contributed by atoms with E-state index in [9.17, 15) is 0 Å². The normalized spacial score (nSPS) is 21.7. The van der Waals surface area contributed by atoms with E-state index in [0.717, 1.165) is 6.54 Å². The van der Waals surface area contributed by atoms with Crippen molar-refractivity contribution in [3.05, 3.63) is 29.8 Å². The monoisotopic (exact) mass is 222 g/mol. The van der Waals surface area contributed by atoms with Crippen LogP contribution in [-0.4, -0.2) is 24.1 Å². The zero-order chi connectivity index (χ0) is 10.7. The van der Waals surface area contributed by atoms with Crippen LogP contribution in [0.2, 0.25) is 0 Å². The third-order valence-electron chi connectivity index (χ3n) is 2.85. The molecule has 2 N–H and O–H groups in total. The summed E-state index contributed by atoms with van der Waals surface area (Å²) in [5.74, 6) is 2.46. The maximum Gasteiger partial charge on any atom is 0.0372 e. The quantitative estimate of drug-likeness (QED) is 0.831. The predicted octanol–water partition coefficient (Wildman–Crippen LogP) is 2.09. The van der Waals surface area contributed by atoms with E-state index in [2.05, 4.69) is 36.1 Å². The average Bonchev–Trinajstić information content (AvgIpc) is 2.30.